The van der Waals surface area contributed by atoms with Crippen LogP contribution in [-0.2, 0) is 4.74 Å². The Hall–Kier alpha value is -0.780. The van der Waals surface area contributed by atoms with E-state index in [0.29, 0.717) is 23.9 Å². The number of carbonyl (C=O) groups excluding carboxylic acids is 1. The highest BCUT2D eigenvalue weighted by molar-refractivity contribution is 9.10. The van der Waals surface area contributed by atoms with E-state index in [2.05, 4.69) is 26.6 Å². The predicted octanol–water partition coefficient (Wildman–Crippen LogP) is 2.87. The zero-order chi connectivity index (χ0) is 12.0. The van der Waals surface area contributed by atoms with Gasteiger partial charge >= 0.3 is 6.03 Å². The topological polar surface area (TPSA) is 50.4 Å². The van der Waals surface area contributed by atoms with E-state index in [0.717, 1.165) is 4.47 Å². The SMILES string of the molecule is COCCNC(=O)Nc1ccc(Br)cc1Cl. The summed E-state index contributed by atoms with van der Waals surface area (Å²) < 4.78 is 5.67. The molecule has 2 N–H and O–H groups in total. The van der Waals surface area contributed by atoms with Crippen LogP contribution in [0.4, 0.5) is 10.5 Å². The Kier molecular flexibility index (Phi) is 5.59. The standard InChI is InChI=1S/C10H12BrClN2O2/c1-16-5-4-13-10(15)14-9-3-2-7(11)6-8(9)12/h2-3,6H,4-5H2,1H3,(H2,13,14,15). The summed E-state index contributed by atoms with van der Waals surface area (Å²) in [6.45, 7) is 0.929. The van der Waals surface area contributed by atoms with Gasteiger partial charge in [-0.25, -0.2) is 4.79 Å². The molecule has 0 aliphatic carbocycles. The van der Waals surface area contributed by atoms with Crippen molar-refractivity contribution in [1.82, 2.24) is 5.32 Å². The maximum Gasteiger partial charge on any atom is 0.319 e. The Morgan fingerprint density at radius 2 is 2.31 bits per heavy atom. The fourth-order valence-corrected chi connectivity index (χ4v) is 1.74. The van der Waals surface area contributed by atoms with Crippen molar-refractivity contribution in [1.29, 1.82) is 0 Å². The van der Waals surface area contributed by atoms with Gasteiger partial charge in [-0.3, -0.25) is 0 Å². The maximum absolute atomic E-state index is 11.4. The molecule has 16 heavy (non-hydrogen) atoms. The summed E-state index contributed by atoms with van der Waals surface area (Å²) in [6.07, 6.45) is 0. The second-order valence-corrected chi connectivity index (χ2v) is 4.32. The molecule has 0 aromatic heterocycles. The third-order valence-corrected chi connectivity index (χ3v) is 2.58. The number of carbonyl (C=O) groups is 1. The van der Waals surface area contributed by atoms with Crippen molar-refractivity contribution in [3.63, 3.8) is 0 Å². The van der Waals surface area contributed by atoms with Gasteiger partial charge in [-0.2, -0.15) is 0 Å². The quantitative estimate of drug-likeness (QED) is 0.840. The second-order valence-electron chi connectivity index (χ2n) is 3.00. The number of halogens is 2. The molecule has 0 atom stereocenters. The van der Waals surface area contributed by atoms with E-state index in [1.54, 1.807) is 25.3 Å². The Morgan fingerprint density at radius 1 is 1.56 bits per heavy atom. The Bertz CT molecular complexity index is 374. The smallest absolute Gasteiger partial charge is 0.319 e. The Morgan fingerprint density at radius 3 is 2.94 bits per heavy atom. The first-order valence-electron chi connectivity index (χ1n) is 4.62. The minimum absolute atomic E-state index is 0.304. The lowest BCUT2D eigenvalue weighted by Gasteiger charge is -2.08. The fraction of sp³-hybridized carbons (Fsp3) is 0.300. The molecule has 0 bridgehead atoms. The highest BCUT2D eigenvalue weighted by Gasteiger charge is 2.04. The summed E-state index contributed by atoms with van der Waals surface area (Å²) in [4.78, 5) is 11.4. The molecule has 6 heteroatoms. The van der Waals surface area contributed by atoms with Crippen LogP contribution < -0.4 is 10.6 Å². The van der Waals surface area contributed by atoms with Gasteiger partial charge in [0.25, 0.3) is 0 Å². The first kappa shape index (κ1) is 13.3. The molecule has 0 saturated carbocycles. The van der Waals surface area contributed by atoms with Gasteiger partial charge in [0.1, 0.15) is 0 Å². The lowest BCUT2D eigenvalue weighted by atomic mass is 10.3. The molecule has 4 nitrogen and oxygen atoms in total. The van der Waals surface area contributed by atoms with Gasteiger partial charge in [-0.1, -0.05) is 27.5 Å². The zero-order valence-electron chi connectivity index (χ0n) is 8.72. The van der Waals surface area contributed by atoms with Gasteiger partial charge in [-0.05, 0) is 18.2 Å². The maximum atomic E-state index is 11.4. The van der Waals surface area contributed by atoms with Crippen LogP contribution in [0.1, 0.15) is 0 Å². The fourth-order valence-electron chi connectivity index (χ4n) is 1.02. The molecular weight excluding hydrogens is 295 g/mol. The number of benzene rings is 1. The van der Waals surface area contributed by atoms with Crippen LogP contribution >= 0.6 is 27.5 Å². The van der Waals surface area contributed by atoms with Crippen molar-refractivity contribution in [2.45, 2.75) is 0 Å². The van der Waals surface area contributed by atoms with Crippen LogP contribution in [0.2, 0.25) is 5.02 Å². The largest absolute Gasteiger partial charge is 0.383 e. The number of nitrogens with one attached hydrogen (secondary N) is 2. The lowest BCUT2D eigenvalue weighted by molar-refractivity contribution is 0.198. The van der Waals surface area contributed by atoms with Gasteiger partial charge in [-0.15, -0.1) is 0 Å². The normalized spacial score (nSPS) is 9.94. The summed E-state index contributed by atoms with van der Waals surface area (Å²) in [7, 11) is 1.57. The van der Waals surface area contributed by atoms with E-state index < -0.39 is 0 Å². The third kappa shape index (κ3) is 4.38. The van der Waals surface area contributed by atoms with Crippen molar-refractivity contribution >= 4 is 39.2 Å². The van der Waals surface area contributed by atoms with E-state index >= 15 is 0 Å². The number of methoxy groups -OCH3 is 1. The highest BCUT2D eigenvalue weighted by atomic mass is 79.9. The molecule has 88 valence electrons. The summed E-state index contributed by atoms with van der Waals surface area (Å²) in [6, 6.07) is 4.94. The minimum atomic E-state index is -0.304. The second kappa shape index (κ2) is 6.73. The average molecular weight is 308 g/mol. The van der Waals surface area contributed by atoms with Gasteiger partial charge in [0, 0.05) is 18.1 Å². The van der Waals surface area contributed by atoms with Crippen molar-refractivity contribution in [3.8, 4) is 0 Å². The van der Waals surface area contributed by atoms with Crippen LogP contribution in [0.25, 0.3) is 0 Å². The van der Waals surface area contributed by atoms with E-state index in [1.165, 1.54) is 0 Å². The van der Waals surface area contributed by atoms with E-state index in [9.17, 15) is 4.79 Å². The molecule has 0 unspecified atom stereocenters. The summed E-state index contributed by atoms with van der Waals surface area (Å²) in [5.74, 6) is 0. The molecule has 0 spiro atoms. The Balaban J connectivity index is 2.49. The van der Waals surface area contributed by atoms with Gasteiger partial charge in [0.15, 0.2) is 0 Å². The minimum Gasteiger partial charge on any atom is -0.383 e. The molecule has 0 saturated heterocycles. The average Bonchev–Trinajstić information content (AvgIpc) is 2.23. The van der Waals surface area contributed by atoms with E-state index in [1.807, 2.05) is 0 Å². The molecular formula is C10H12BrClN2O2. The number of ether oxygens (including phenoxy) is 1. The molecule has 1 aromatic rings. The number of amides is 2. The van der Waals surface area contributed by atoms with Crippen LogP contribution in [0.3, 0.4) is 0 Å². The number of anilines is 1. The van der Waals surface area contributed by atoms with Crippen LogP contribution in [-0.4, -0.2) is 26.3 Å². The first-order valence-corrected chi connectivity index (χ1v) is 5.79. The van der Waals surface area contributed by atoms with Crippen molar-refractivity contribution < 1.29 is 9.53 Å². The number of hydrogen-bond donors (Lipinski definition) is 2. The van der Waals surface area contributed by atoms with Gasteiger partial charge in [0.2, 0.25) is 0 Å². The monoisotopic (exact) mass is 306 g/mol. The molecule has 0 fully saturated rings. The highest BCUT2D eigenvalue weighted by Crippen LogP contribution is 2.25. The van der Waals surface area contributed by atoms with Crippen LogP contribution in [0.5, 0.6) is 0 Å². The Labute approximate surface area is 107 Å². The molecule has 0 aliphatic heterocycles. The molecule has 2 amide bonds. The number of rotatable bonds is 4. The number of hydrogen-bond acceptors (Lipinski definition) is 2. The molecule has 1 rings (SSSR count). The lowest BCUT2D eigenvalue weighted by Crippen LogP contribution is -2.31. The molecule has 0 radical (unpaired) electrons. The predicted molar refractivity (Wildman–Crippen MR) is 68.0 cm³/mol. The summed E-state index contributed by atoms with van der Waals surface area (Å²) >= 11 is 9.22. The third-order valence-electron chi connectivity index (χ3n) is 1.77. The molecule has 1 aromatic carbocycles. The number of urea groups is 1. The summed E-state index contributed by atoms with van der Waals surface area (Å²) in [5.41, 5.74) is 0.569. The van der Waals surface area contributed by atoms with Crippen molar-refractivity contribution in [2.75, 3.05) is 25.6 Å². The van der Waals surface area contributed by atoms with E-state index in [4.69, 9.17) is 16.3 Å². The van der Waals surface area contributed by atoms with Crippen molar-refractivity contribution in [3.05, 3.63) is 27.7 Å². The molecule has 0 aliphatic rings. The van der Waals surface area contributed by atoms with Gasteiger partial charge < -0.3 is 15.4 Å². The van der Waals surface area contributed by atoms with Crippen molar-refractivity contribution in [2.24, 2.45) is 0 Å². The van der Waals surface area contributed by atoms with Gasteiger partial charge in [0.05, 0.1) is 17.3 Å². The van der Waals surface area contributed by atoms with E-state index in [-0.39, 0.29) is 6.03 Å². The van der Waals surface area contributed by atoms with Crippen LogP contribution in [0.15, 0.2) is 22.7 Å². The zero-order valence-corrected chi connectivity index (χ0v) is 11.1. The van der Waals surface area contributed by atoms with Crippen LogP contribution in [0, 0.1) is 0 Å². The summed E-state index contributed by atoms with van der Waals surface area (Å²) in [5, 5.41) is 5.75. The first-order chi connectivity index (χ1) is 7.63. The molecule has 0 heterocycles.